The van der Waals surface area contributed by atoms with Crippen molar-refractivity contribution in [1.82, 2.24) is 9.97 Å². The van der Waals surface area contributed by atoms with Crippen LogP contribution in [-0.4, -0.2) is 33.7 Å². The quantitative estimate of drug-likeness (QED) is 0.408. The minimum absolute atomic E-state index is 0.0203. The van der Waals surface area contributed by atoms with Gasteiger partial charge in [-0.2, -0.15) is 0 Å². The normalized spacial score (nSPS) is 11.7. The molecule has 27 heavy (non-hydrogen) atoms. The Kier molecular flexibility index (Phi) is 7.44. The van der Waals surface area contributed by atoms with E-state index in [1.54, 1.807) is 19.1 Å². The number of thioether (sulfide) groups is 1. The number of ether oxygens (including phenoxy) is 1. The third-order valence-corrected chi connectivity index (χ3v) is 5.13. The first-order valence-corrected chi connectivity index (χ1v) is 9.64. The maximum Gasteiger partial charge on any atom is 0.343 e. The maximum absolute atomic E-state index is 12.6. The zero-order valence-corrected chi connectivity index (χ0v) is 16.9. The molecule has 9 heteroatoms. The van der Waals surface area contributed by atoms with Gasteiger partial charge in [0.15, 0.2) is 5.16 Å². The second-order valence-electron chi connectivity index (χ2n) is 5.64. The van der Waals surface area contributed by atoms with Crippen LogP contribution in [0.15, 0.2) is 29.6 Å². The van der Waals surface area contributed by atoms with Gasteiger partial charge in [-0.25, -0.2) is 14.8 Å². The van der Waals surface area contributed by atoms with E-state index in [2.05, 4.69) is 15.3 Å². The SMILES string of the molecule is CCOC(=O)c1cnc(S[C@@H](CC)C(=O)Nc2cc(Cl)ccc2C)nc1N. The molecule has 0 saturated heterocycles. The van der Waals surface area contributed by atoms with Crippen molar-refractivity contribution in [3.63, 3.8) is 0 Å². The van der Waals surface area contributed by atoms with Gasteiger partial charge in [0.2, 0.25) is 5.91 Å². The second-order valence-corrected chi connectivity index (χ2v) is 7.24. The average molecular weight is 409 g/mol. The smallest absolute Gasteiger partial charge is 0.343 e. The number of halogens is 1. The number of aryl methyl sites for hydroxylation is 1. The van der Waals surface area contributed by atoms with Gasteiger partial charge in [-0.1, -0.05) is 36.4 Å². The number of nitrogens with two attached hydrogens (primary N) is 1. The fourth-order valence-electron chi connectivity index (χ4n) is 2.19. The Balaban J connectivity index is 2.11. The van der Waals surface area contributed by atoms with Crippen LogP contribution >= 0.6 is 23.4 Å². The van der Waals surface area contributed by atoms with Gasteiger partial charge in [0.1, 0.15) is 11.4 Å². The molecule has 1 aromatic carbocycles. The van der Waals surface area contributed by atoms with Gasteiger partial charge in [-0.3, -0.25) is 4.79 Å². The summed E-state index contributed by atoms with van der Waals surface area (Å²) in [5.74, 6) is -0.746. The Morgan fingerprint density at radius 2 is 2.11 bits per heavy atom. The summed E-state index contributed by atoms with van der Waals surface area (Å²) in [6.45, 7) is 5.71. The molecule has 2 aromatic rings. The molecule has 3 N–H and O–H groups in total. The molecular formula is C18H21ClN4O3S. The number of aromatic nitrogens is 2. The van der Waals surface area contributed by atoms with Crippen molar-refractivity contribution >= 4 is 46.7 Å². The topological polar surface area (TPSA) is 107 Å². The highest BCUT2D eigenvalue weighted by molar-refractivity contribution is 8.00. The molecule has 0 saturated carbocycles. The highest BCUT2D eigenvalue weighted by atomic mass is 35.5. The zero-order chi connectivity index (χ0) is 20.0. The summed E-state index contributed by atoms with van der Waals surface area (Å²) in [4.78, 5) is 32.6. The molecule has 144 valence electrons. The summed E-state index contributed by atoms with van der Waals surface area (Å²) in [5.41, 5.74) is 7.50. The van der Waals surface area contributed by atoms with E-state index in [4.69, 9.17) is 22.1 Å². The van der Waals surface area contributed by atoms with Gasteiger partial charge in [0.05, 0.1) is 11.9 Å². The lowest BCUT2D eigenvalue weighted by Gasteiger charge is -2.15. The third-order valence-electron chi connectivity index (χ3n) is 3.66. The molecule has 0 aliphatic rings. The molecule has 1 aromatic heterocycles. The minimum atomic E-state index is -0.576. The number of benzene rings is 1. The maximum atomic E-state index is 12.6. The van der Waals surface area contributed by atoms with Crippen LogP contribution in [0.3, 0.4) is 0 Å². The average Bonchev–Trinajstić information content (AvgIpc) is 2.62. The molecule has 1 amide bonds. The summed E-state index contributed by atoms with van der Waals surface area (Å²) in [5, 5.41) is 3.30. The van der Waals surface area contributed by atoms with Crippen LogP contribution in [0, 0.1) is 6.92 Å². The predicted octanol–water partition coefficient (Wildman–Crippen LogP) is 3.71. The van der Waals surface area contributed by atoms with Crippen LogP contribution in [-0.2, 0) is 9.53 Å². The van der Waals surface area contributed by atoms with Crippen LogP contribution < -0.4 is 11.1 Å². The Morgan fingerprint density at radius 1 is 1.37 bits per heavy atom. The second kappa shape index (κ2) is 9.57. The largest absolute Gasteiger partial charge is 0.462 e. The minimum Gasteiger partial charge on any atom is -0.462 e. The van der Waals surface area contributed by atoms with Gasteiger partial charge >= 0.3 is 5.97 Å². The summed E-state index contributed by atoms with van der Waals surface area (Å²) in [6, 6.07) is 5.30. The first-order chi connectivity index (χ1) is 12.8. The predicted molar refractivity (Wildman–Crippen MR) is 107 cm³/mol. The third kappa shape index (κ3) is 5.58. The van der Waals surface area contributed by atoms with Gasteiger partial charge < -0.3 is 15.8 Å². The van der Waals surface area contributed by atoms with Crippen molar-refractivity contribution in [2.24, 2.45) is 0 Å². The fourth-order valence-corrected chi connectivity index (χ4v) is 3.22. The molecule has 2 rings (SSSR count). The van der Waals surface area contributed by atoms with E-state index in [0.717, 1.165) is 5.56 Å². The molecule has 7 nitrogen and oxygen atoms in total. The van der Waals surface area contributed by atoms with Crippen LogP contribution in [0.2, 0.25) is 5.02 Å². The van der Waals surface area contributed by atoms with Gasteiger partial charge in [0, 0.05) is 16.9 Å². The summed E-state index contributed by atoms with van der Waals surface area (Å²) in [7, 11) is 0. The van der Waals surface area contributed by atoms with Crippen molar-refractivity contribution in [3.8, 4) is 0 Å². The van der Waals surface area contributed by atoms with E-state index in [9.17, 15) is 9.59 Å². The first-order valence-electron chi connectivity index (χ1n) is 8.39. The van der Waals surface area contributed by atoms with E-state index < -0.39 is 11.2 Å². The Hall–Kier alpha value is -2.32. The number of carbonyl (C=O) groups is 2. The van der Waals surface area contributed by atoms with Crippen molar-refractivity contribution in [2.75, 3.05) is 17.7 Å². The standard InChI is InChI=1S/C18H21ClN4O3S/c1-4-14(16(24)22-13-8-11(19)7-6-10(13)3)27-18-21-9-12(15(20)23-18)17(25)26-5-2/h6-9,14H,4-5H2,1-3H3,(H,22,24)(H2,20,21,23)/t14-/m0/s1. The highest BCUT2D eigenvalue weighted by Gasteiger charge is 2.22. The number of rotatable bonds is 7. The number of hydrogen-bond acceptors (Lipinski definition) is 7. The number of nitrogens with zero attached hydrogens (tertiary/aromatic N) is 2. The molecule has 0 aliphatic carbocycles. The number of hydrogen-bond donors (Lipinski definition) is 2. The number of amides is 1. The number of nitrogen functional groups attached to an aromatic ring is 1. The lowest BCUT2D eigenvalue weighted by molar-refractivity contribution is -0.115. The Bertz CT molecular complexity index is 847. The lowest BCUT2D eigenvalue weighted by atomic mass is 10.2. The molecule has 0 bridgehead atoms. The first kappa shape index (κ1) is 21.0. The van der Waals surface area contributed by atoms with Gasteiger partial charge in [0.25, 0.3) is 0 Å². The number of esters is 1. The van der Waals surface area contributed by atoms with E-state index in [0.29, 0.717) is 22.3 Å². The molecule has 1 heterocycles. The fraction of sp³-hybridized carbons (Fsp3) is 0.333. The van der Waals surface area contributed by atoms with E-state index in [1.807, 2.05) is 19.9 Å². The van der Waals surface area contributed by atoms with E-state index in [1.165, 1.54) is 18.0 Å². The molecule has 0 aliphatic heterocycles. The highest BCUT2D eigenvalue weighted by Crippen LogP contribution is 2.26. The molecule has 0 fully saturated rings. The van der Waals surface area contributed by atoms with Gasteiger partial charge in [-0.05, 0) is 38.0 Å². The molecule has 0 spiro atoms. The Labute approximate surface area is 167 Å². The monoisotopic (exact) mass is 408 g/mol. The number of anilines is 2. The lowest BCUT2D eigenvalue weighted by Crippen LogP contribution is -2.25. The van der Waals surface area contributed by atoms with Crippen molar-refractivity contribution < 1.29 is 14.3 Å². The molecule has 0 radical (unpaired) electrons. The Morgan fingerprint density at radius 3 is 2.74 bits per heavy atom. The number of carbonyl (C=O) groups excluding carboxylic acids is 2. The zero-order valence-electron chi connectivity index (χ0n) is 15.3. The van der Waals surface area contributed by atoms with Crippen LogP contribution in [0.5, 0.6) is 0 Å². The molecule has 0 unspecified atom stereocenters. The van der Waals surface area contributed by atoms with Crippen molar-refractivity contribution in [1.29, 1.82) is 0 Å². The van der Waals surface area contributed by atoms with E-state index >= 15 is 0 Å². The molecular weight excluding hydrogens is 388 g/mol. The van der Waals surface area contributed by atoms with Crippen molar-refractivity contribution in [2.45, 2.75) is 37.6 Å². The van der Waals surface area contributed by atoms with Crippen LogP contribution in [0.25, 0.3) is 0 Å². The van der Waals surface area contributed by atoms with Crippen molar-refractivity contribution in [3.05, 3.63) is 40.5 Å². The summed E-state index contributed by atoms with van der Waals surface area (Å²) < 4.78 is 4.90. The number of nitrogens with one attached hydrogen (secondary N) is 1. The summed E-state index contributed by atoms with van der Waals surface area (Å²) >= 11 is 7.17. The van der Waals surface area contributed by atoms with Crippen LogP contribution in [0.1, 0.15) is 36.2 Å². The van der Waals surface area contributed by atoms with Crippen LogP contribution in [0.4, 0.5) is 11.5 Å². The van der Waals surface area contributed by atoms with E-state index in [-0.39, 0.29) is 23.9 Å². The van der Waals surface area contributed by atoms with Gasteiger partial charge in [-0.15, -0.1) is 0 Å². The molecule has 1 atom stereocenters. The summed E-state index contributed by atoms with van der Waals surface area (Å²) in [6.07, 6.45) is 1.87.